The molecule has 0 spiro atoms. The van der Waals surface area contributed by atoms with Gasteiger partial charge in [0.1, 0.15) is 13.2 Å². The van der Waals surface area contributed by atoms with E-state index in [0.717, 1.165) is 167 Å². The minimum absolute atomic E-state index is 0.0957. The fourth-order valence-corrected chi connectivity index (χ4v) is 8.15. The molecule has 0 aromatic heterocycles. The van der Waals surface area contributed by atoms with E-state index in [1.807, 2.05) is 0 Å². The fourth-order valence-electron chi connectivity index (χ4n) is 8.15. The van der Waals surface area contributed by atoms with Crippen molar-refractivity contribution >= 4 is 17.9 Å². The SMILES string of the molecule is CC/C=C\C/C=C\C/C=C\C/C=C\C/C=C\CCCCCCCCCCCCCC(=O)OCC(COC(=O)CCCCCCC/C=C\C/C=C\C/C=C\CC)OC(=O)CCCCCCC/C=C\C/C=C\C/C=C\CC. The van der Waals surface area contributed by atoms with E-state index in [1.54, 1.807) is 0 Å². The van der Waals surface area contributed by atoms with E-state index in [2.05, 4.69) is 154 Å². The molecule has 0 rings (SSSR count). The van der Waals surface area contributed by atoms with Crippen LogP contribution in [0.1, 0.15) is 265 Å². The standard InChI is InChI=1S/C69H112O6/c1-4-7-10-13-16-19-22-25-28-29-30-31-32-33-34-35-36-37-38-39-42-44-47-50-53-56-59-62-68(71)74-65-66(75-69(72)63-60-57-54-51-48-45-41-27-24-21-18-15-12-9-6-3)64-73-67(70)61-58-55-52-49-46-43-40-26-23-20-17-14-11-8-5-2/h7-12,16-21,25-28,30-31,33-34,40-41,66H,4-6,13-15,22-24,29,32,35-39,42-65H2,1-3H3/b10-7-,11-8-,12-9-,19-16-,20-17-,21-18-,28-25-,31-30-,34-33-,40-26-,41-27-. The number of carbonyl (C=O) groups is 3. The highest BCUT2D eigenvalue weighted by Crippen LogP contribution is 2.15. The van der Waals surface area contributed by atoms with Crippen molar-refractivity contribution in [2.75, 3.05) is 13.2 Å². The van der Waals surface area contributed by atoms with Crippen LogP contribution in [0.2, 0.25) is 0 Å². The van der Waals surface area contributed by atoms with Crippen molar-refractivity contribution < 1.29 is 28.6 Å². The quantitative estimate of drug-likeness (QED) is 0.0261. The van der Waals surface area contributed by atoms with Crippen LogP contribution in [0.3, 0.4) is 0 Å². The van der Waals surface area contributed by atoms with Gasteiger partial charge in [0.2, 0.25) is 0 Å². The lowest BCUT2D eigenvalue weighted by atomic mass is 10.0. The van der Waals surface area contributed by atoms with Gasteiger partial charge in [0.15, 0.2) is 6.10 Å². The van der Waals surface area contributed by atoms with E-state index in [1.165, 1.54) is 57.8 Å². The second-order valence-corrected chi connectivity index (χ2v) is 19.8. The van der Waals surface area contributed by atoms with Crippen LogP contribution in [0.25, 0.3) is 0 Å². The number of hydrogen-bond acceptors (Lipinski definition) is 6. The molecule has 0 amide bonds. The molecule has 0 fully saturated rings. The van der Waals surface area contributed by atoms with Crippen molar-refractivity contribution in [1.29, 1.82) is 0 Å². The van der Waals surface area contributed by atoms with Gasteiger partial charge in [-0.2, -0.15) is 0 Å². The first-order valence-electron chi connectivity index (χ1n) is 30.7. The Balaban J connectivity index is 4.35. The summed E-state index contributed by atoms with van der Waals surface area (Å²) in [6.07, 6.45) is 87.4. The largest absolute Gasteiger partial charge is 0.462 e. The summed E-state index contributed by atoms with van der Waals surface area (Å²) in [5.41, 5.74) is 0. The van der Waals surface area contributed by atoms with Gasteiger partial charge in [-0.25, -0.2) is 0 Å². The molecule has 0 aliphatic carbocycles. The number of rotatable bonds is 54. The number of ether oxygens (including phenoxy) is 3. The maximum atomic E-state index is 12.9. The van der Waals surface area contributed by atoms with Crippen LogP contribution in [0.5, 0.6) is 0 Å². The topological polar surface area (TPSA) is 78.9 Å². The Morgan fingerprint density at radius 2 is 0.480 bits per heavy atom. The summed E-state index contributed by atoms with van der Waals surface area (Å²) in [7, 11) is 0. The van der Waals surface area contributed by atoms with Gasteiger partial charge < -0.3 is 14.2 Å². The predicted octanol–water partition coefficient (Wildman–Crippen LogP) is 21.0. The Kier molecular flexibility index (Phi) is 58.4. The second-order valence-electron chi connectivity index (χ2n) is 19.8. The summed E-state index contributed by atoms with van der Waals surface area (Å²) in [5, 5.41) is 0. The Morgan fingerprint density at radius 1 is 0.267 bits per heavy atom. The Morgan fingerprint density at radius 3 is 0.747 bits per heavy atom. The number of hydrogen-bond donors (Lipinski definition) is 0. The third kappa shape index (κ3) is 60.3. The van der Waals surface area contributed by atoms with Gasteiger partial charge in [0.25, 0.3) is 0 Å². The van der Waals surface area contributed by atoms with Crippen LogP contribution in [0.4, 0.5) is 0 Å². The van der Waals surface area contributed by atoms with Crippen molar-refractivity contribution in [1.82, 2.24) is 0 Å². The molecular formula is C69H112O6. The first-order chi connectivity index (χ1) is 37.0. The number of unbranched alkanes of at least 4 members (excludes halogenated alkanes) is 21. The maximum absolute atomic E-state index is 12.9. The fraction of sp³-hybridized carbons (Fsp3) is 0.638. The highest BCUT2D eigenvalue weighted by molar-refractivity contribution is 5.71. The Bertz CT molecular complexity index is 1620. The van der Waals surface area contributed by atoms with Crippen molar-refractivity contribution in [3.05, 3.63) is 134 Å². The second kappa shape index (κ2) is 62.1. The molecule has 1 unspecified atom stereocenters. The van der Waals surface area contributed by atoms with E-state index in [4.69, 9.17) is 14.2 Å². The first kappa shape index (κ1) is 70.5. The molecule has 0 aliphatic heterocycles. The van der Waals surface area contributed by atoms with Gasteiger partial charge >= 0.3 is 17.9 Å². The van der Waals surface area contributed by atoms with Crippen LogP contribution in [0.15, 0.2) is 134 Å². The summed E-state index contributed by atoms with van der Waals surface area (Å²) in [6, 6.07) is 0. The summed E-state index contributed by atoms with van der Waals surface area (Å²) in [4.78, 5) is 38.2. The summed E-state index contributed by atoms with van der Waals surface area (Å²) < 4.78 is 16.9. The summed E-state index contributed by atoms with van der Waals surface area (Å²) in [6.45, 7) is 6.27. The predicted molar refractivity (Wildman–Crippen MR) is 325 cm³/mol. The van der Waals surface area contributed by atoms with E-state index in [-0.39, 0.29) is 31.1 Å². The molecule has 0 aromatic rings. The maximum Gasteiger partial charge on any atom is 0.306 e. The molecule has 0 heterocycles. The molecule has 0 N–H and O–H groups in total. The lowest BCUT2D eigenvalue weighted by Crippen LogP contribution is -2.30. The first-order valence-corrected chi connectivity index (χ1v) is 30.7. The van der Waals surface area contributed by atoms with Crippen molar-refractivity contribution in [3.63, 3.8) is 0 Å². The van der Waals surface area contributed by atoms with E-state index >= 15 is 0 Å². The van der Waals surface area contributed by atoms with Gasteiger partial charge in [-0.15, -0.1) is 0 Å². The van der Waals surface area contributed by atoms with Gasteiger partial charge in [0, 0.05) is 19.3 Å². The molecule has 6 nitrogen and oxygen atoms in total. The third-order valence-electron chi connectivity index (χ3n) is 12.6. The minimum Gasteiger partial charge on any atom is -0.462 e. The number of esters is 3. The Hall–Kier alpha value is -4.45. The van der Waals surface area contributed by atoms with Gasteiger partial charge in [-0.3, -0.25) is 14.4 Å². The molecule has 0 aromatic carbocycles. The zero-order chi connectivity index (χ0) is 54.3. The molecule has 1 atom stereocenters. The smallest absolute Gasteiger partial charge is 0.306 e. The number of allylic oxidation sites excluding steroid dienone is 22. The van der Waals surface area contributed by atoms with E-state index in [9.17, 15) is 14.4 Å². The third-order valence-corrected chi connectivity index (χ3v) is 12.6. The van der Waals surface area contributed by atoms with Gasteiger partial charge in [0.05, 0.1) is 0 Å². The molecular weight excluding hydrogens is 925 g/mol. The normalized spacial score (nSPS) is 13.1. The van der Waals surface area contributed by atoms with E-state index in [0.29, 0.717) is 19.3 Å². The molecule has 424 valence electrons. The van der Waals surface area contributed by atoms with Crippen molar-refractivity contribution in [2.24, 2.45) is 0 Å². The van der Waals surface area contributed by atoms with E-state index < -0.39 is 6.10 Å². The Labute approximate surface area is 462 Å². The van der Waals surface area contributed by atoms with Crippen LogP contribution in [-0.4, -0.2) is 37.2 Å². The highest BCUT2D eigenvalue weighted by Gasteiger charge is 2.19. The molecule has 0 saturated carbocycles. The van der Waals surface area contributed by atoms with Crippen molar-refractivity contribution in [3.8, 4) is 0 Å². The molecule has 75 heavy (non-hydrogen) atoms. The highest BCUT2D eigenvalue weighted by atomic mass is 16.6. The van der Waals surface area contributed by atoms with Crippen LogP contribution in [0, 0.1) is 0 Å². The molecule has 0 aliphatic rings. The molecule has 0 radical (unpaired) electrons. The number of carbonyl (C=O) groups excluding carboxylic acids is 3. The lowest BCUT2D eigenvalue weighted by Gasteiger charge is -2.18. The molecule has 0 saturated heterocycles. The van der Waals surface area contributed by atoms with Crippen LogP contribution in [-0.2, 0) is 28.6 Å². The average Bonchev–Trinajstić information content (AvgIpc) is 3.41. The van der Waals surface area contributed by atoms with Crippen LogP contribution >= 0.6 is 0 Å². The lowest BCUT2D eigenvalue weighted by molar-refractivity contribution is -0.167. The molecule has 6 heteroatoms. The average molecular weight is 1040 g/mol. The molecule has 0 bridgehead atoms. The van der Waals surface area contributed by atoms with Gasteiger partial charge in [-0.1, -0.05) is 251 Å². The van der Waals surface area contributed by atoms with Gasteiger partial charge in [-0.05, 0) is 128 Å². The van der Waals surface area contributed by atoms with Crippen molar-refractivity contribution in [2.45, 2.75) is 271 Å². The summed E-state index contributed by atoms with van der Waals surface area (Å²) >= 11 is 0. The zero-order valence-electron chi connectivity index (χ0n) is 48.5. The summed E-state index contributed by atoms with van der Waals surface area (Å²) in [5.74, 6) is -0.933. The minimum atomic E-state index is -0.801. The zero-order valence-corrected chi connectivity index (χ0v) is 48.5. The van der Waals surface area contributed by atoms with Crippen LogP contribution < -0.4 is 0 Å². The monoisotopic (exact) mass is 1040 g/mol.